The second kappa shape index (κ2) is 36.2. The summed E-state index contributed by atoms with van der Waals surface area (Å²) in [7, 11) is 0. The lowest BCUT2D eigenvalue weighted by molar-refractivity contribution is 0.111. The van der Waals surface area contributed by atoms with Gasteiger partial charge in [0.25, 0.3) is 0 Å². The third-order valence-corrected chi connectivity index (χ3v) is 9.79. The maximum Gasteiger partial charge on any atom is 0.0540 e. The van der Waals surface area contributed by atoms with Gasteiger partial charge in [-0.25, -0.2) is 0 Å². The fourth-order valence-corrected chi connectivity index (χ4v) is 6.71. The molecule has 1 N–H and O–H groups in total. The molecule has 0 fully saturated rings. The van der Waals surface area contributed by atoms with E-state index in [0.717, 1.165) is 0 Å². The maximum absolute atomic E-state index is 10.3. The molecule has 0 rings (SSSR count). The van der Waals surface area contributed by atoms with E-state index >= 15 is 0 Å². The van der Waals surface area contributed by atoms with Gasteiger partial charge in [0.1, 0.15) is 0 Å². The minimum atomic E-state index is -0.118. The van der Waals surface area contributed by atoms with E-state index in [1.165, 1.54) is 225 Å². The summed E-state index contributed by atoms with van der Waals surface area (Å²) in [5.74, 6) is 0.540. The molecule has 0 spiro atoms. The van der Waals surface area contributed by atoms with Gasteiger partial charge in [0.15, 0.2) is 0 Å². The van der Waals surface area contributed by atoms with Crippen molar-refractivity contribution in [1.29, 1.82) is 0 Å². The highest BCUT2D eigenvalue weighted by molar-refractivity contribution is 4.66. The third-order valence-electron chi connectivity index (χ3n) is 9.79. The molecule has 2 atom stereocenters. The first kappa shape index (κ1) is 41.0. The average Bonchev–Trinajstić information content (AvgIpc) is 2.97. The summed E-state index contributed by atoms with van der Waals surface area (Å²) in [5.41, 5.74) is 0. The zero-order valence-corrected chi connectivity index (χ0v) is 29.4. The number of hydrogen-bond acceptors (Lipinski definition) is 1. The Morgan fingerprint density at radius 2 is 0.463 bits per heavy atom. The highest BCUT2D eigenvalue weighted by Gasteiger charge is 2.14. The summed E-state index contributed by atoms with van der Waals surface area (Å²) in [6.07, 6.45) is 49.7. The molecule has 0 radical (unpaired) electrons. The Kier molecular flexibility index (Phi) is 36.1. The Morgan fingerprint density at radius 3 is 0.634 bits per heavy atom. The van der Waals surface area contributed by atoms with Gasteiger partial charge in [-0.2, -0.15) is 0 Å². The van der Waals surface area contributed by atoms with Gasteiger partial charge in [0.2, 0.25) is 0 Å². The van der Waals surface area contributed by atoms with Crippen LogP contribution in [-0.2, 0) is 0 Å². The number of aliphatic hydroxyl groups is 1. The van der Waals surface area contributed by atoms with Crippen molar-refractivity contribution in [3.05, 3.63) is 0 Å². The average molecular weight is 579 g/mol. The number of rotatable bonds is 36. The van der Waals surface area contributed by atoms with Gasteiger partial charge < -0.3 is 5.11 Å². The van der Waals surface area contributed by atoms with Crippen molar-refractivity contribution in [2.24, 2.45) is 5.92 Å². The Morgan fingerprint density at radius 1 is 0.293 bits per heavy atom. The molecule has 0 saturated carbocycles. The van der Waals surface area contributed by atoms with E-state index in [1.54, 1.807) is 0 Å². The van der Waals surface area contributed by atoms with Gasteiger partial charge in [-0.1, -0.05) is 226 Å². The van der Waals surface area contributed by atoms with Crippen molar-refractivity contribution in [2.45, 2.75) is 252 Å². The molecule has 0 aromatic rings. The molecule has 0 aromatic heterocycles. The van der Waals surface area contributed by atoms with Gasteiger partial charge in [-0.3, -0.25) is 0 Å². The molecule has 0 amide bonds. The van der Waals surface area contributed by atoms with Crippen LogP contribution in [0, 0.1) is 5.92 Å². The van der Waals surface area contributed by atoms with Gasteiger partial charge in [0.05, 0.1) is 6.10 Å². The van der Waals surface area contributed by atoms with Gasteiger partial charge >= 0.3 is 0 Å². The Hall–Kier alpha value is -0.0400. The van der Waals surface area contributed by atoms with Crippen molar-refractivity contribution >= 4 is 0 Å². The minimum Gasteiger partial charge on any atom is -0.393 e. The van der Waals surface area contributed by atoms with Crippen LogP contribution >= 0.6 is 0 Å². The fraction of sp³-hybridized carbons (Fsp3) is 1.00. The normalized spacial score (nSPS) is 13.2. The molecule has 0 bridgehead atoms. The predicted octanol–water partition coefficient (Wildman–Crippen LogP) is 14.7. The first-order valence-corrected chi connectivity index (χ1v) is 19.9. The van der Waals surface area contributed by atoms with Crippen LogP contribution in [0.15, 0.2) is 0 Å². The second-order valence-electron chi connectivity index (χ2n) is 14.0. The van der Waals surface area contributed by atoms with E-state index in [2.05, 4.69) is 13.8 Å². The predicted molar refractivity (Wildman–Crippen MR) is 188 cm³/mol. The second-order valence-corrected chi connectivity index (χ2v) is 14.0. The third kappa shape index (κ3) is 34.3. The number of unbranched alkanes of at least 4 members (excludes halogenated alkanes) is 31. The van der Waals surface area contributed by atoms with Crippen molar-refractivity contribution in [3.63, 3.8) is 0 Å². The Bertz CT molecular complexity index is 444. The van der Waals surface area contributed by atoms with Crippen molar-refractivity contribution < 1.29 is 5.11 Å². The van der Waals surface area contributed by atoms with Crippen molar-refractivity contribution in [3.8, 4) is 0 Å². The molecule has 41 heavy (non-hydrogen) atoms. The lowest BCUT2D eigenvalue weighted by Crippen LogP contribution is -2.16. The molecule has 0 aromatic carbocycles. The summed E-state index contributed by atoms with van der Waals surface area (Å²) in [5, 5.41) is 10.3. The van der Waals surface area contributed by atoms with Gasteiger partial charge in [0, 0.05) is 0 Å². The summed E-state index contributed by atoms with van der Waals surface area (Å²) in [6, 6.07) is 0. The summed E-state index contributed by atoms with van der Waals surface area (Å²) >= 11 is 0. The molecule has 0 aliphatic heterocycles. The number of hydrogen-bond donors (Lipinski definition) is 1. The Labute approximate surface area is 262 Å². The highest BCUT2D eigenvalue weighted by atomic mass is 16.3. The fourth-order valence-electron chi connectivity index (χ4n) is 6.71. The summed E-state index contributed by atoms with van der Waals surface area (Å²) in [6.45, 7) is 6.64. The monoisotopic (exact) mass is 579 g/mol. The van der Waals surface area contributed by atoms with E-state index in [9.17, 15) is 5.11 Å². The SMILES string of the molecule is CCCCCCCCCCCCCCCCCCCC(CCCCCCCCCCCCCCCCCC)C(C)O. The first-order valence-electron chi connectivity index (χ1n) is 19.9. The van der Waals surface area contributed by atoms with Crippen LogP contribution in [0.25, 0.3) is 0 Å². The molecular weight excluding hydrogens is 496 g/mol. The molecule has 0 heterocycles. The van der Waals surface area contributed by atoms with E-state index in [1.807, 2.05) is 6.92 Å². The molecule has 1 nitrogen and oxygen atoms in total. The molecule has 2 unspecified atom stereocenters. The van der Waals surface area contributed by atoms with Crippen LogP contribution in [0.2, 0.25) is 0 Å². The van der Waals surface area contributed by atoms with Crippen LogP contribution in [0.5, 0.6) is 0 Å². The zero-order valence-electron chi connectivity index (χ0n) is 29.4. The smallest absolute Gasteiger partial charge is 0.0540 e. The lowest BCUT2D eigenvalue weighted by atomic mass is 9.90. The van der Waals surface area contributed by atoms with Crippen molar-refractivity contribution in [2.75, 3.05) is 0 Å². The van der Waals surface area contributed by atoms with Gasteiger partial charge in [-0.15, -0.1) is 0 Å². The van der Waals surface area contributed by atoms with Gasteiger partial charge in [-0.05, 0) is 25.7 Å². The zero-order chi connectivity index (χ0) is 29.9. The molecule has 0 aliphatic rings. The van der Waals surface area contributed by atoms with Crippen LogP contribution in [0.4, 0.5) is 0 Å². The molecular formula is C40H82O. The highest BCUT2D eigenvalue weighted by Crippen LogP contribution is 2.23. The number of aliphatic hydroxyl groups excluding tert-OH is 1. The maximum atomic E-state index is 10.3. The topological polar surface area (TPSA) is 20.2 Å². The van der Waals surface area contributed by atoms with Crippen LogP contribution in [-0.4, -0.2) is 11.2 Å². The van der Waals surface area contributed by atoms with Crippen LogP contribution < -0.4 is 0 Å². The van der Waals surface area contributed by atoms with E-state index in [-0.39, 0.29) is 6.10 Å². The van der Waals surface area contributed by atoms with Crippen molar-refractivity contribution in [1.82, 2.24) is 0 Å². The standard InChI is InChI=1S/C40H82O/c1-4-6-8-10-12-14-16-18-20-22-24-26-28-30-32-34-36-38-40(39(3)41)37-35-33-31-29-27-25-23-21-19-17-15-13-11-9-7-5-2/h39-41H,4-38H2,1-3H3. The van der Waals surface area contributed by atoms with E-state index < -0.39 is 0 Å². The molecule has 1 heteroatoms. The molecule has 248 valence electrons. The van der Waals surface area contributed by atoms with E-state index in [4.69, 9.17) is 0 Å². The summed E-state index contributed by atoms with van der Waals surface area (Å²) < 4.78 is 0. The van der Waals surface area contributed by atoms with Crippen LogP contribution in [0.3, 0.4) is 0 Å². The minimum absolute atomic E-state index is 0.118. The molecule has 0 aliphatic carbocycles. The lowest BCUT2D eigenvalue weighted by Gasteiger charge is -2.19. The largest absolute Gasteiger partial charge is 0.393 e. The van der Waals surface area contributed by atoms with E-state index in [0.29, 0.717) is 5.92 Å². The Balaban J connectivity index is 3.36. The van der Waals surface area contributed by atoms with Crippen LogP contribution in [0.1, 0.15) is 245 Å². The molecule has 0 saturated heterocycles. The summed E-state index contributed by atoms with van der Waals surface area (Å²) in [4.78, 5) is 0. The quantitative estimate of drug-likeness (QED) is 0.0733. The first-order chi connectivity index (χ1) is 20.2.